The number of carbonyl (C=O) groups excluding carboxylic acids is 2. The first kappa shape index (κ1) is 19.4. The summed E-state index contributed by atoms with van der Waals surface area (Å²) in [7, 11) is -2.58. The lowest BCUT2D eigenvalue weighted by Crippen LogP contribution is -2.11. The molecule has 28 heavy (non-hydrogen) atoms. The third-order valence-electron chi connectivity index (χ3n) is 3.97. The van der Waals surface area contributed by atoms with Crippen molar-refractivity contribution in [2.24, 2.45) is 0 Å². The molecule has 0 radical (unpaired) electrons. The highest BCUT2D eigenvalue weighted by Gasteiger charge is 2.23. The van der Waals surface area contributed by atoms with Crippen molar-refractivity contribution in [2.45, 2.75) is 16.9 Å². The number of rotatable bonds is 5. The molecule has 0 aliphatic rings. The van der Waals surface area contributed by atoms with Gasteiger partial charge in [0.25, 0.3) is 5.91 Å². The number of sulfone groups is 1. The molecule has 0 saturated heterocycles. The number of furan rings is 1. The van der Waals surface area contributed by atoms with Gasteiger partial charge in [-0.2, -0.15) is 0 Å². The van der Waals surface area contributed by atoms with Gasteiger partial charge in [0, 0.05) is 5.69 Å². The van der Waals surface area contributed by atoms with Gasteiger partial charge < -0.3 is 14.5 Å². The summed E-state index contributed by atoms with van der Waals surface area (Å²) in [6.45, 7) is 1.85. The number of ether oxygens (including phenoxy) is 1. The monoisotopic (exact) mass is 399 g/mol. The van der Waals surface area contributed by atoms with Gasteiger partial charge in [0.2, 0.25) is 14.9 Å². The fourth-order valence-corrected chi connectivity index (χ4v) is 3.59. The Morgan fingerprint density at radius 3 is 2.18 bits per heavy atom. The first-order chi connectivity index (χ1) is 13.3. The van der Waals surface area contributed by atoms with E-state index < -0.39 is 21.7 Å². The molecule has 144 valence electrons. The standard InChI is InChI=1S/C20H17NO6S/c1-13-3-9-16(10-4-13)28(24,25)18-12-11-17(27-18)19(22)21-15-7-5-14(6-8-15)20(23)26-2/h3-12H,1-2H3,(H,21,22). The fraction of sp³-hybridized carbons (Fsp3) is 0.100. The van der Waals surface area contributed by atoms with E-state index in [4.69, 9.17) is 4.42 Å². The molecular formula is C20H17NO6S. The number of hydrogen-bond donors (Lipinski definition) is 1. The zero-order valence-electron chi connectivity index (χ0n) is 15.1. The van der Waals surface area contributed by atoms with Crippen LogP contribution in [0.4, 0.5) is 5.69 Å². The van der Waals surface area contributed by atoms with E-state index in [1.54, 1.807) is 12.1 Å². The molecular weight excluding hydrogens is 382 g/mol. The van der Waals surface area contributed by atoms with Crippen LogP contribution in [-0.2, 0) is 14.6 Å². The Bertz CT molecular complexity index is 1110. The zero-order valence-corrected chi connectivity index (χ0v) is 15.9. The smallest absolute Gasteiger partial charge is 0.337 e. The Hall–Kier alpha value is -3.39. The minimum Gasteiger partial charge on any atom is -0.465 e. The number of methoxy groups -OCH3 is 1. The second-order valence-corrected chi connectivity index (χ2v) is 7.84. The fourth-order valence-electron chi connectivity index (χ4n) is 2.42. The highest BCUT2D eigenvalue weighted by atomic mass is 32.2. The van der Waals surface area contributed by atoms with Crippen LogP contribution in [0, 0.1) is 6.92 Å². The minimum atomic E-state index is -3.86. The Morgan fingerprint density at radius 2 is 1.57 bits per heavy atom. The van der Waals surface area contributed by atoms with E-state index in [-0.39, 0.29) is 15.7 Å². The topological polar surface area (TPSA) is 103 Å². The second-order valence-electron chi connectivity index (χ2n) is 5.96. The molecule has 0 aliphatic heterocycles. The largest absolute Gasteiger partial charge is 0.465 e. The molecule has 1 heterocycles. The maximum Gasteiger partial charge on any atom is 0.337 e. The number of aryl methyl sites for hydroxylation is 1. The summed E-state index contributed by atoms with van der Waals surface area (Å²) in [5, 5.41) is 2.26. The molecule has 0 spiro atoms. The van der Waals surface area contributed by atoms with Gasteiger partial charge in [-0.1, -0.05) is 17.7 Å². The van der Waals surface area contributed by atoms with E-state index >= 15 is 0 Å². The van der Waals surface area contributed by atoms with E-state index in [0.29, 0.717) is 11.3 Å². The Balaban J connectivity index is 1.77. The molecule has 1 N–H and O–H groups in total. The maximum absolute atomic E-state index is 12.6. The van der Waals surface area contributed by atoms with Gasteiger partial charge in [-0.15, -0.1) is 0 Å². The van der Waals surface area contributed by atoms with Crippen molar-refractivity contribution in [3.63, 3.8) is 0 Å². The van der Waals surface area contributed by atoms with Gasteiger partial charge in [0.05, 0.1) is 17.6 Å². The molecule has 8 heteroatoms. The van der Waals surface area contributed by atoms with E-state index in [1.807, 2.05) is 6.92 Å². The molecule has 3 rings (SSSR count). The van der Waals surface area contributed by atoms with Crippen molar-refractivity contribution in [1.29, 1.82) is 0 Å². The van der Waals surface area contributed by atoms with Gasteiger partial charge in [-0.3, -0.25) is 4.79 Å². The Labute approximate surface area is 161 Å². The van der Waals surface area contributed by atoms with Gasteiger partial charge in [0.15, 0.2) is 5.76 Å². The number of nitrogens with one attached hydrogen (secondary N) is 1. The molecule has 0 unspecified atom stereocenters. The van der Waals surface area contributed by atoms with Crippen LogP contribution < -0.4 is 5.32 Å². The lowest BCUT2D eigenvalue weighted by molar-refractivity contribution is 0.0600. The lowest BCUT2D eigenvalue weighted by Gasteiger charge is -2.05. The number of benzene rings is 2. The quantitative estimate of drug-likeness (QED) is 0.659. The first-order valence-electron chi connectivity index (χ1n) is 8.22. The van der Waals surface area contributed by atoms with Gasteiger partial charge in [-0.05, 0) is 55.5 Å². The first-order valence-corrected chi connectivity index (χ1v) is 9.71. The number of carbonyl (C=O) groups is 2. The van der Waals surface area contributed by atoms with Crippen LogP contribution in [0.2, 0.25) is 0 Å². The van der Waals surface area contributed by atoms with Crippen LogP contribution in [0.5, 0.6) is 0 Å². The molecule has 0 atom stereocenters. The number of anilines is 1. The van der Waals surface area contributed by atoms with Crippen LogP contribution in [-0.4, -0.2) is 27.4 Å². The SMILES string of the molecule is COC(=O)c1ccc(NC(=O)c2ccc(S(=O)(=O)c3ccc(C)cc3)o2)cc1. The molecule has 0 bridgehead atoms. The molecule has 0 fully saturated rings. The summed E-state index contributed by atoms with van der Waals surface area (Å²) in [4.78, 5) is 23.8. The lowest BCUT2D eigenvalue weighted by atomic mass is 10.2. The van der Waals surface area contributed by atoms with Crippen molar-refractivity contribution in [3.05, 3.63) is 77.6 Å². The van der Waals surface area contributed by atoms with Crippen LogP contribution in [0.1, 0.15) is 26.5 Å². The predicted octanol–water partition coefficient (Wildman–Crippen LogP) is 3.46. The third kappa shape index (κ3) is 3.96. The molecule has 1 amide bonds. The molecule has 2 aromatic carbocycles. The van der Waals surface area contributed by atoms with Crippen molar-refractivity contribution in [1.82, 2.24) is 0 Å². The van der Waals surface area contributed by atoms with Crippen molar-refractivity contribution in [2.75, 3.05) is 12.4 Å². The highest BCUT2D eigenvalue weighted by molar-refractivity contribution is 7.91. The van der Waals surface area contributed by atoms with E-state index in [0.717, 1.165) is 5.56 Å². The van der Waals surface area contributed by atoms with E-state index in [1.165, 1.54) is 55.6 Å². The number of esters is 1. The summed E-state index contributed by atoms with van der Waals surface area (Å²) < 4.78 is 35.1. The van der Waals surface area contributed by atoms with Gasteiger partial charge in [-0.25, -0.2) is 13.2 Å². The maximum atomic E-state index is 12.6. The second kappa shape index (κ2) is 7.69. The Kier molecular flexibility index (Phi) is 5.32. The van der Waals surface area contributed by atoms with E-state index in [2.05, 4.69) is 10.1 Å². The Morgan fingerprint density at radius 1 is 0.929 bits per heavy atom. The summed E-state index contributed by atoms with van der Waals surface area (Å²) in [6.07, 6.45) is 0. The van der Waals surface area contributed by atoms with Crippen LogP contribution in [0.3, 0.4) is 0 Å². The molecule has 0 saturated carbocycles. The minimum absolute atomic E-state index is 0.0813. The van der Waals surface area contributed by atoms with Crippen LogP contribution >= 0.6 is 0 Å². The zero-order chi connectivity index (χ0) is 20.3. The normalized spacial score (nSPS) is 11.1. The molecule has 0 aliphatic carbocycles. The average molecular weight is 399 g/mol. The summed E-state index contributed by atoms with van der Waals surface area (Å²) in [5.41, 5.74) is 1.68. The number of hydrogen-bond acceptors (Lipinski definition) is 6. The third-order valence-corrected chi connectivity index (χ3v) is 5.61. The van der Waals surface area contributed by atoms with Gasteiger partial charge in [0.1, 0.15) is 0 Å². The van der Waals surface area contributed by atoms with Crippen LogP contribution in [0.25, 0.3) is 0 Å². The van der Waals surface area contributed by atoms with Crippen molar-refractivity contribution < 1.29 is 27.2 Å². The molecule has 7 nitrogen and oxygen atoms in total. The summed E-state index contributed by atoms with van der Waals surface area (Å²) in [6, 6.07) is 14.9. The highest BCUT2D eigenvalue weighted by Crippen LogP contribution is 2.24. The molecule has 1 aromatic heterocycles. The summed E-state index contributed by atoms with van der Waals surface area (Å²) in [5.74, 6) is -1.26. The summed E-state index contributed by atoms with van der Waals surface area (Å²) >= 11 is 0. The number of amides is 1. The predicted molar refractivity (Wildman–Crippen MR) is 101 cm³/mol. The molecule has 3 aromatic rings. The van der Waals surface area contributed by atoms with Crippen LogP contribution in [0.15, 0.2) is 75.1 Å². The van der Waals surface area contributed by atoms with E-state index in [9.17, 15) is 18.0 Å². The van der Waals surface area contributed by atoms with Gasteiger partial charge >= 0.3 is 5.97 Å². The van der Waals surface area contributed by atoms with Crippen molar-refractivity contribution in [3.8, 4) is 0 Å². The average Bonchev–Trinajstić information content (AvgIpc) is 3.19. The van der Waals surface area contributed by atoms with Crippen molar-refractivity contribution >= 4 is 27.4 Å².